The van der Waals surface area contributed by atoms with Crippen molar-refractivity contribution in [1.29, 1.82) is 0 Å². The molecule has 4 heteroatoms. The van der Waals surface area contributed by atoms with E-state index in [1.165, 1.54) is 12.5 Å². The second-order valence-corrected chi connectivity index (χ2v) is 7.54. The highest BCUT2D eigenvalue weighted by Gasteiger charge is 2.59. The standard InChI is InChI=1S/C17H22F3N/c1-15(2)11-8-9-16(3,10-11)14(15)21-13-7-5-4-6-12(13)17(18,19)20/h4-7,11,14,21H,8-10H2,1-3H3/t11-,14?,16+/m0/s1. The van der Waals surface area contributed by atoms with Gasteiger partial charge in [-0.15, -0.1) is 0 Å². The highest BCUT2D eigenvalue weighted by atomic mass is 19.4. The van der Waals surface area contributed by atoms with E-state index in [1.54, 1.807) is 12.1 Å². The number of halogens is 3. The van der Waals surface area contributed by atoms with Crippen LogP contribution in [0.2, 0.25) is 0 Å². The molecule has 1 aromatic rings. The monoisotopic (exact) mass is 297 g/mol. The van der Waals surface area contributed by atoms with Crippen LogP contribution in [-0.4, -0.2) is 6.04 Å². The van der Waals surface area contributed by atoms with Crippen LogP contribution in [-0.2, 0) is 6.18 Å². The van der Waals surface area contributed by atoms with E-state index in [2.05, 4.69) is 26.1 Å². The maximum absolute atomic E-state index is 13.2. The molecule has 2 bridgehead atoms. The van der Waals surface area contributed by atoms with E-state index >= 15 is 0 Å². The van der Waals surface area contributed by atoms with Gasteiger partial charge in [-0.25, -0.2) is 0 Å². The van der Waals surface area contributed by atoms with E-state index in [4.69, 9.17) is 0 Å². The molecule has 0 radical (unpaired) electrons. The number of anilines is 1. The molecule has 3 rings (SSSR count). The van der Waals surface area contributed by atoms with Gasteiger partial charge in [-0.2, -0.15) is 13.2 Å². The van der Waals surface area contributed by atoms with Crippen molar-refractivity contribution in [3.05, 3.63) is 29.8 Å². The number of benzene rings is 1. The Labute approximate surface area is 123 Å². The molecule has 2 fully saturated rings. The zero-order valence-corrected chi connectivity index (χ0v) is 12.7. The molecule has 2 aliphatic rings. The molecule has 1 aromatic carbocycles. The summed E-state index contributed by atoms with van der Waals surface area (Å²) in [6.45, 7) is 6.60. The first-order chi connectivity index (χ1) is 9.64. The average Bonchev–Trinajstić information content (AvgIpc) is 2.85. The van der Waals surface area contributed by atoms with Crippen LogP contribution in [0.1, 0.15) is 45.6 Å². The lowest BCUT2D eigenvalue weighted by molar-refractivity contribution is -0.137. The van der Waals surface area contributed by atoms with Crippen LogP contribution in [0.3, 0.4) is 0 Å². The Morgan fingerprint density at radius 2 is 1.81 bits per heavy atom. The summed E-state index contributed by atoms with van der Waals surface area (Å²) >= 11 is 0. The zero-order valence-electron chi connectivity index (χ0n) is 12.7. The number of nitrogens with one attached hydrogen (secondary N) is 1. The molecule has 2 saturated carbocycles. The molecule has 21 heavy (non-hydrogen) atoms. The molecular weight excluding hydrogens is 275 g/mol. The number of hydrogen-bond acceptors (Lipinski definition) is 1. The van der Waals surface area contributed by atoms with Gasteiger partial charge in [0.15, 0.2) is 0 Å². The van der Waals surface area contributed by atoms with E-state index in [0.29, 0.717) is 5.92 Å². The lowest BCUT2D eigenvalue weighted by Crippen LogP contribution is -2.46. The fourth-order valence-electron chi connectivity index (χ4n) is 4.67. The highest BCUT2D eigenvalue weighted by Crippen LogP contribution is 2.63. The van der Waals surface area contributed by atoms with Gasteiger partial charge in [0.05, 0.1) is 5.56 Å². The molecule has 0 saturated heterocycles. The fraction of sp³-hybridized carbons (Fsp3) is 0.647. The molecule has 1 unspecified atom stereocenters. The molecule has 0 amide bonds. The lowest BCUT2D eigenvalue weighted by atomic mass is 9.68. The van der Waals surface area contributed by atoms with Crippen LogP contribution in [0.15, 0.2) is 24.3 Å². The number of hydrogen-bond donors (Lipinski definition) is 1. The van der Waals surface area contributed by atoms with Gasteiger partial charge >= 0.3 is 6.18 Å². The van der Waals surface area contributed by atoms with Gasteiger partial charge in [-0.05, 0) is 48.1 Å². The molecule has 0 heterocycles. The van der Waals surface area contributed by atoms with Gasteiger partial charge in [-0.3, -0.25) is 0 Å². The number of fused-ring (bicyclic) bond motifs is 2. The minimum Gasteiger partial charge on any atom is -0.381 e. The van der Waals surface area contributed by atoms with Crippen LogP contribution in [0.25, 0.3) is 0 Å². The maximum atomic E-state index is 13.2. The molecule has 3 atom stereocenters. The summed E-state index contributed by atoms with van der Waals surface area (Å²) < 4.78 is 39.5. The Morgan fingerprint density at radius 1 is 1.14 bits per heavy atom. The van der Waals surface area contributed by atoms with Crippen LogP contribution >= 0.6 is 0 Å². The Balaban J connectivity index is 1.95. The van der Waals surface area contributed by atoms with Crippen LogP contribution in [0.5, 0.6) is 0 Å². The molecule has 0 spiro atoms. The summed E-state index contributed by atoms with van der Waals surface area (Å²) in [5.74, 6) is 0.609. The molecule has 116 valence electrons. The van der Waals surface area contributed by atoms with E-state index in [0.717, 1.165) is 18.9 Å². The van der Waals surface area contributed by atoms with E-state index < -0.39 is 11.7 Å². The van der Waals surface area contributed by atoms with Crippen molar-refractivity contribution in [2.24, 2.45) is 16.7 Å². The van der Waals surface area contributed by atoms with Crippen molar-refractivity contribution < 1.29 is 13.2 Å². The summed E-state index contributed by atoms with van der Waals surface area (Å²) in [5.41, 5.74) is -0.206. The van der Waals surface area contributed by atoms with Gasteiger partial charge in [0.1, 0.15) is 0 Å². The molecule has 1 nitrogen and oxygen atoms in total. The van der Waals surface area contributed by atoms with E-state index in [9.17, 15) is 13.2 Å². The lowest BCUT2D eigenvalue weighted by Gasteiger charge is -2.44. The van der Waals surface area contributed by atoms with Crippen molar-refractivity contribution in [2.45, 2.75) is 52.3 Å². The summed E-state index contributed by atoms with van der Waals surface area (Å²) in [6, 6.07) is 5.91. The SMILES string of the molecule is CC1(C)C(Nc2ccccc2C(F)(F)F)[C@]2(C)CC[C@H]1C2. The first kappa shape index (κ1) is 14.7. The summed E-state index contributed by atoms with van der Waals surface area (Å²) in [7, 11) is 0. The van der Waals surface area contributed by atoms with Crippen LogP contribution in [0, 0.1) is 16.7 Å². The Hall–Kier alpha value is -1.19. The Kier molecular flexibility index (Phi) is 3.09. The molecule has 0 aliphatic heterocycles. The number of alkyl halides is 3. The van der Waals surface area contributed by atoms with Gasteiger partial charge in [-0.1, -0.05) is 32.9 Å². The fourth-order valence-corrected chi connectivity index (χ4v) is 4.67. The minimum atomic E-state index is -4.31. The van der Waals surface area contributed by atoms with Crippen molar-refractivity contribution in [3.63, 3.8) is 0 Å². The minimum absolute atomic E-state index is 0.0334. The van der Waals surface area contributed by atoms with Crippen molar-refractivity contribution in [1.82, 2.24) is 0 Å². The largest absolute Gasteiger partial charge is 0.418 e. The van der Waals surface area contributed by atoms with Gasteiger partial charge in [0.2, 0.25) is 0 Å². The maximum Gasteiger partial charge on any atom is 0.418 e. The second kappa shape index (κ2) is 4.40. The van der Waals surface area contributed by atoms with Gasteiger partial charge in [0, 0.05) is 11.7 Å². The summed E-state index contributed by atoms with van der Waals surface area (Å²) in [4.78, 5) is 0. The second-order valence-electron chi connectivity index (χ2n) is 7.54. The third-order valence-corrected chi connectivity index (χ3v) is 5.80. The smallest absolute Gasteiger partial charge is 0.381 e. The zero-order chi connectivity index (χ0) is 15.5. The first-order valence-electron chi connectivity index (χ1n) is 7.57. The van der Waals surface area contributed by atoms with Gasteiger partial charge in [0.25, 0.3) is 0 Å². The Morgan fingerprint density at radius 3 is 2.38 bits per heavy atom. The summed E-state index contributed by atoms with van der Waals surface area (Å²) in [5, 5.41) is 3.26. The Bertz CT molecular complexity index is 544. The molecular formula is C17H22F3N. The highest BCUT2D eigenvalue weighted by molar-refractivity contribution is 5.54. The first-order valence-corrected chi connectivity index (χ1v) is 7.57. The van der Waals surface area contributed by atoms with Crippen LogP contribution < -0.4 is 5.32 Å². The van der Waals surface area contributed by atoms with Crippen LogP contribution in [0.4, 0.5) is 18.9 Å². The molecule has 2 aliphatic carbocycles. The number of para-hydroxylation sites is 1. The average molecular weight is 297 g/mol. The van der Waals surface area contributed by atoms with Gasteiger partial charge < -0.3 is 5.32 Å². The third kappa shape index (κ3) is 2.23. The van der Waals surface area contributed by atoms with Crippen molar-refractivity contribution >= 4 is 5.69 Å². The van der Waals surface area contributed by atoms with E-state index in [1.807, 2.05) is 0 Å². The van der Waals surface area contributed by atoms with Crippen molar-refractivity contribution in [3.8, 4) is 0 Å². The summed E-state index contributed by atoms with van der Waals surface area (Å²) in [6.07, 6.45) is -0.895. The predicted molar refractivity (Wildman–Crippen MR) is 78.1 cm³/mol. The normalized spacial score (nSPS) is 34.2. The van der Waals surface area contributed by atoms with E-state index in [-0.39, 0.29) is 22.6 Å². The quantitative estimate of drug-likeness (QED) is 0.777. The number of rotatable bonds is 2. The predicted octanol–water partition coefficient (Wildman–Crippen LogP) is 5.33. The molecule has 1 N–H and O–H groups in total. The third-order valence-electron chi connectivity index (χ3n) is 5.80. The topological polar surface area (TPSA) is 12.0 Å². The van der Waals surface area contributed by atoms with Crippen molar-refractivity contribution in [2.75, 3.05) is 5.32 Å². The molecule has 0 aromatic heterocycles.